The summed E-state index contributed by atoms with van der Waals surface area (Å²) in [6.45, 7) is 0.770. The minimum atomic E-state index is -0.243. The maximum Gasteiger partial charge on any atom is 0.248 e. The second-order valence-electron chi connectivity index (χ2n) is 6.43. The number of carbonyl (C=O) groups excluding carboxylic acids is 1. The van der Waals surface area contributed by atoms with Crippen molar-refractivity contribution in [3.8, 4) is 5.75 Å². The molecule has 0 bridgehead atoms. The smallest absolute Gasteiger partial charge is 0.248 e. The SMILES string of the molecule is COc1cc(C2=NCCc3ccccc32)ccc1NC(=O)C=Cc1ccoc1. The molecule has 28 heavy (non-hydrogen) atoms. The van der Waals surface area contributed by atoms with Gasteiger partial charge in [-0.05, 0) is 36.3 Å². The summed E-state index contributed by atoms with van der Waals surface area (Å²) in [6, 6.07) is 15.8. The van der Waals surface area contributed by atoms with Crippen molar-refractivity contribution in [2.24, 2.45) is 4.99 Å². The van der Waals surface area contributed by atoms with E-state index in [2.05, 4.69) is 23.5 Å². The molecule has 1 aliphatic rings. The number of amides is 1. The fourth-order valence-electron chi connectivity index (χ4n) is 3.25. The van der Waals surface area contributed by atoms with Crippen molar-refractivity contribution in [2.75, 3.05) is 19.0 Å². The van der Waals surface area contributed by atoms with E-state index in [9.17, 15) is 4.79 Å². The van der Waals surface area contributed by atoms with Crippen molar-refractivity contribution in [3.63, 3.8) is 0 Å². The molecule has 1 aliphatic heterocycles. The van der Waals surface area contributed by atoms with Crippen molar-refractivity contribution >= 4 is 23.4 Å². The average Bonchev–Trinajstić information content (AvgIpc) is 3.26. The van der Waals surface area contributed by atoms with Crippen LogP contribution in [0.25, 0.3) is 6.08 Å². The Morgan fingerprint density at radius 3 is 2.93 bits per heavy atom. The van der Waals surface area contributed by atoms with Crippen LogP contribution in [0.2, 0.25) is 0 Å². The van der Waals surface area contributed by atoms with Gasteiger partial charge in [0.1, 0.15) is 5.75 Å². The number of furan rings is 1. The topological polar surface area (TPSA) is 63.8 Å². The number of anilines is 1. The van der Waals surface area contributed by atoms with Gasteiger partial charge in [0.25, 0.3) is 0 Å². The summed E-state index contributed by atoms with van der Waals surface area (Å²) in [5.41, 5.74) is 5.81. The molecule has 3 aromatic rings. The van der Waals surface area contributed by atoms with Crippen LogP contribution in [-0.2, 0) is 11.2 Å². The second-order valence-corrected chi connectivity index (χ2v) is 6.43. The number of rotatable bonds is 5. The zero-order chi connectivity index (χ0) is 19.3. The predicted molar refractivity (Wildman–Crippen MR) is 110 cm³/mol. The van der Waals surface area contributed by atoms with Crippen LogP contribution in [0.5, 0.6) is 5.75 Å². The Labute approximate surface area is 163 Å². The molecular weight excluding hydrogens is 352 g/mol. The van der Waals surface area contributed by atoms with Crippen LogP contribution in [-0.4, -0.2) is 25.3 Å². The third kappa shape index (κ3) is 3.74. The standard InChI is InChI=1S/C23H20N2O3/c1-27-21-14-18(23-19-5-3-2-4-17(19)10-12-24-23)7-8-20(21)25-22(26)9-6-16-11-13-28-15-16/h2-9,11,13-15H,10,12H2,1H3,(H,25,26). The van der Waals surface area contributed by atoms with Crippen molar-refractivity contribution in [3.05, 3.63) is 89.4 Å². The van der Waals surface area contributed by atoms with Gasteiger partial charge in [-0.15, -0.1) is 0 Å². The molecule has 4 rings (SSSR count). The molecule has 2 heterocycles. The van der Waals surface area contributed by atoms with E-state index in [-0.39, 0.29) is 5.91 Å². The largest absolute Gasteiger partial charge is 0.495 e. The first-order valence-corrected chi connectivity index (χ1v) is 9.07. The highest BCUT2D eigenvalue weighted by molar-refractivity contribution is 6.15. The van der Waals surface area contributed by atoms with Crippen molar-refractivity contribution in [2.45, 2.75) is 6.42 Å². The number of hydrogen-bond donors (Lipinski definition) is 1. The molecule has 1 N–H and O–H groups in total. The Morgan fingerprint density at radius 2 is 2.11 bits per heavy atom. The number of ether oxygens (including phenoxy) is 1. The second kappa shape index (κ2) is 7.96. The molecule has 0 fully saturated rings. The van der Waals surface area contributed by atoms with E-state index in [1.54, 1.807) is 31.8 Å². The lowest BCUT2D eigenvalue weighted by molar-refractivity contribution is -0.111. The Balaban J connectivity index is 1.57. The number of benzene rings is 2. The lowest BCUT2D eigenvalue weighted by Crippen LogP contribution is -2.14. The minimum Gasteiger partial charge on any atom is -0.495 e. The van der Waals surface area contributed by atoms with Crippen LogP contribution in [0.4, 0.5) is 5.69 Å². The lowest BCUT2D eigenvalue weighted by atomic mass is 9.93. The Morgan fingerprint density at radius 1 is 1.21 bits per heavy atom. The molecule has 1 aromatic heterocycles. The van der Waals surface area contributed by atoms with Gasteiger partial charge in [-0.2, -0.15) is 0 Å². The zero-order valence-corrected chi connectivity index (χ0v) is 15.5. The van der Waals surface area contributed by atoms with Crippen LogP contribution in [0.1, 0.15) is 22.3 Å². The van der Waals surface area contributed by atoms with Crippen LogP contribution in [0, 0.1) is 0 Å². The van der Waals surface area contributed by atoms with E-state index in [0.717, 1.165) is 35.4 Å². The summed E-state index contributed by atoms with van der Waals surface area (Å²) in [4.78, 5) is 16.9. The number of fused-ring (bicyclic) bond motifs is 1. The fourth-order valence-corrected chi connectivity index (χ4v) is 3.25. The molecule has 2 aromatic carbocycles. The number of nitrogens with one attached hydrogen (secondary N) is 1. The highest BCUT2D eigenvalue weighted by Gasteiger charge is 2.17. The van der Waals surface area contributed by atoms with Gasteiger partial charge in [0.05, 0.1) is 31.0 Å². The first kappa shape index (κ1) is 17.8. The first-order chi connectivity index (χ1) is 13.7. The van der Waals surface area contributed by atoms with E-state index < -0.39 is 0 Å². The summed E-state index contributed by atoms with van der Waals surface area (Å²) in [7, 11) is 1.59. The van der Waals surface area contributed by atoms with E-state index in [1.807, 2.05) is 24.3 Å². The minimum absolute atomic E-state index is 0.243. The van der Waals surface area contributed by atoms with Crippen LogP contribution < -0.4 is 10.1 Å². The normalized spacial score (nSPS) is 13.1. The molecule has 1 amide bonds. The summed E-state index contributed by atoms with van der Waals surface area (Å²) in [5.74, 6) is 0.348. The molecule has 5 nitrogen and oxygen atoms in total. The quantitative estimate of drug-likeness (QED) is 0.678. The fraction of sp³-hybridized carbons (Fsp3) is 0.130. The molecular formula is C23H20N2O3. The van der Waals surface area contributed by atoms with Gasteiger partial charge in [0.15, 0.2) is 0 Å². The summed E-state index contributed by atoms with van der Waals surface area (Å²) < 4.78 is 10.5. The van der Waals surface area contributed by atoms with Gasteiger partial charge < -0.3 is 14.5 Å². The van der Waals surface area contributed by atoms with Crippen molar-refractivity contribution in [1.29, 1.82) is 0 Å². The zero-order valence-electron chi connectivity index (χ0n) is 15.5. The molecule has 5 heteroatoms. The molecule has 0 unspecified atom stereocenters. The number of carbonyl (C=O) groups is 1. The van der Waals surface area contributed by atoms with Gasteiger partial charge >= 0.3 is 0 Å². The van der Waals surface area contributed by atoms with Crippen molar-refractivity contribution in [1.82, 2.24) is 0 Å². The number of methoxy groups -OCH3 is 1. The maximum absolute atomic E-state index is 12.2. The van der Waals surface area contributed by atoms with E-state index in [4.69, 9.17) is 14.1 Å². The molecule has 0 atom stereocenters. The van der Waals surface area contributed by atoms with Gasteiger partial charge in [-0.25, -0.2) is 0 Å². The van der Waals surface area contributed by atoms with Crippen LogP contribution in [0.15, 0.2) is 76.5 Å². The molecule has 0 saturated heterocycles. The van der Waals surface area contributed by atoms with E-state index in [1.165, 1.54) is 11.6 Å². The summed E-state index contributed by atoms with van der Waals surface area (Å²) in [5, 5.41) is 2.85. The van der Waals surface area contributed by atoms with Gasteiger partial charge in [0.2, 0.25) is 5.91 Å². The predicted octanol–water partition coefficient (Wildman–Crippen LogP) is 4.33. The molecule has 0 saturated carbocycles. The molecule has 0 spiro atoms. The summed E-state index contributed by atoms with van der Waals surface area (Å²) in [6.07, 6.45) is 7.23. The lowest BCUT2D eigenvalue weighted by Gasteiger charge is -2.18. The molecule has 0 radical (unpaired) electrons. The Bertz CT molecular complexity index is 1050. The van der Waals surface area contributed by atoms with Gasteiger partial charge in [-0.1, -0.05) is 30.3 Å². The van der Waals surface area contributed by atoms with Crippen LogP contribution >= 0.6 is 0 Å². The van der Waals surface area contributed by atoms with E-state index in [0.29, 0.717) is 11.4 Å². The summed E-state index contributed by atoms with van der Waals surface area (Å²) >= 11 is 0. The highest BCUT2D eigenvalue weighted by Crippen LogP contribution is 2.29. The highest BCUT2D eigenvalue weighted by atomic mass is 16.5. The van der Waals surface area contributed by atoms with E-state index >= 15 is 0 Å². The first-order valence-electron chi connectivity index (χ1n) is 9.07. The Hall–Kier alpha value is -3.60. The van der Waals surface area contributed by atoms with Crippen molar-refractivity contribution < 1.29 is 13.9 Å². The Kier molecular flexibility index (Phi) is 5.06. The number of hydrogen-bond acceptors (Lipinski definition) is 4. The third-order valence-electron chi connectivity index (χ3n) is 4.63. The molecule has 0 aliphatic carbocycles. The van der Waals surface area contributed by atoms with Crippen LogP contribution in [0.3, 0.4) is 0 Å². The van der Waals surface area contributed by atoms with Gasteiger partial charge in [0, 0.05) is 29.3 Å². The average molecular weight is 372 g/mol. The van der Waals surface area contributed by atoms with Gasteiger partial charge in [-0.3, -0.25) is 9.79 Å². The number of aliphatic imine (C=N–C) groups is 1. The molecule has 140 valence electrons. The monoisotopic (exact) mass is 372 g/mol. The number of nitrogens with zero attached hydrogens (tertiary/aromatic N) is 1. The third-order valence-corrected chi connectivity index (χ3v) is 4.63. The maximum atomic E-state index is 12.2.